The van der Waals surface area contributed by atoms with Gasteiger partial charge in [-0.3, -0.25) is 4.90 Å². The maximum atomic E-state index is 13.5. The Hall–Kier alpha value is -3.03. The highest BCUT2D eigenvalue weighted by Gasteiger charge is 2.34. The van der Waals surface area contributed by atoms with Crippen LogP contribution in [0.15, 0.2) is 84.2 Å². The molecular formula is C31H35ClF3NO3. The van der Waals surface area contributed by atoms with Crippen molar-refractivity contribution in [2.45, 2.75) is 57.7 Å². The van der Waals surface area contributed by atoms with E-state index < -0.39 is 17.7 Å². The number of unbranched alkanes of at least 4 members (excludes halogenated alkanes) is 1. The molecule has 0 fully saturated rings. The number of alkyl halides is 3. The Morgan fingerprint density at radius 3 is 2.62 bits per heavy atom. The number of hydrogen-bond donors (Lipinski definition) is 1. The second-order valence-electron chi connectivity index (χ2n) is 9.69. The summed E-state index contributed by atoms with van der Waals surface area (Å²) in [7, 11) is 0. The molecule has 0 amide bonds. The molecule has 0 bridgehead atoms. The molecule has 4 nitrogen and oxygen atoms in total. The van der Waals surface area contributed by atoms with Crippen molar-refractivity contribution in [3.8, 4) is 0 Å². The molecule has 2 aromatic rings. The zero-order valence-corrected chi connectivity index (χ0v) is 22.8. The number of aliphatic carboxylic acids is 1. The lowest BCUT2D eigenvalue weighted by atomic mass is 9.92. The van der Waals surface area contributed by atoms with Gasteiger partial charge in [-0.2, -0.15) is 13.2 Å². The maximum absolute atomic E-state index is 13.5. The minimum Gasteiger partial charge on any atom is -0.498 e. The average molecular weight is 562 g/mol. The first-order chi connectivity index (χ1) is 18.7. The van der Waals surface area contributed by atoms with Gasteiger partial charge < -0.3 is 9.84 Å². The van der Waals surface area contributed by atoms with Crippen molar-refractivity contribution in [3.63, 3.8) is 0 Å². The van der Waals surface area contributed by atoms with Crippen molar-refractivity contribution < 1.29 is 27.8 Å². The average Bonchev–Trinajstić information content (AvgIpc) is 2.89. The molecule has 39 heavy (non-hydrogen) atoms. The molecule has 1 aliphatic rings. The molecule has 0 aromatic heterocycles. The fourth-order valence-electron chi connectivity index (χ4n) is 4.69. The van der Waals surface area contributed by atoms with E-state index in [9.17, 15) is 18.0 Å². The monoisotopic (exact) mass is 561 g/mol. The molecule has 0 spiro atoms. The summed E-state index contributed by atoms with van der Waals surface area (Å²) in [4.78, 5) is 13.1. The smallest absolute Gasteiger partial charge is 0.417 e. The molecule has 2 aromatic carbocycles. The molecule has 1 atom stereocenters. The predicted octanol–water partition coefficient (Wildman–Crippen LogP) is 8.40. The molecule has 210 valence electrons. The number of carbonyl (C=O) groups is 1. The molecule has 8 heteroatoms. The molecule has 3 rings (SSSR count). The van der Waals surface area contributed by atoms with Gasteiger partial charge in [-0.1, -0.05) is 86.0 Å². The van der Waals surface area contributed by atoms with Crippen LogP contribution in [0.2, 0.25) is 5.02 Å². The van der Waals surface area contributed by atoms with E-state index in [2.05, 4.69) is 24.0 Å². The highest BCUT2D eigenvalue weighted by Crippen LogP contribution is 2.37. The van der Waals surface area contributed by atoms with Crippen molar-refractivity contribution in [1.82, 2.24) is 4.90 Å². The van der Waals surface area contributed by atoms with Gasteiger partial charge in [-0.05, 0) is 47.6 Å². The topological polar surface area (TPSA) is 49.8 Å². The number of carboxylic acid groups (broad SMARTS) is 1. The molecule has 1 N–H and O–H groups in total. The summed E-state index contributed by atoms with van der Waals surface area (Å²) in [6.07, 6.45) is 6.08. The molecule has 0 heterocycles. The van der Waals surface area contributed by atoms with Gasteiger partial charge in [0.1, 0.15) is 5.76 Å². The fraction of sp³-hybridized carbons (Fsp3) is 0.387. The maximum Gasteiger partial charge on any atom is 0.417 e. The second kappa shape index (κ2) is 14.9. The van der Waals surface area contributed by atoms with Crippen molar-refractivity contribution in [3.05, 3.63) is 106 Å². The molecule has 0 aliphatic heterocycles. The number of ether oxygens (including phenoxy) is 1. The first-order valence-electron chi connectivity index (χ1n) is 13.2. The van der Waals surface area contributed by atoms with E-state index in [0.717, 1.165) is 31.4 Å². The normalized spacial score (nSPS) is 15.4. The number of halogens is 4. The van der Waals surface area contributed by atoms with Crippen LogP contribution >= 0.6 is 11.6 Å². The predicted molar refractivity (Wildman–Crippen MR) is 149 cm³/mol. The van der Waals surface area contributed by atoms with Crippen molar-refractivity contribution in [2.75, 3.05) is 19.7 Å². The zero-order chi connectivity index (χ0) is 28.3. The Kier molecular flexibility index (Phi) is 11.7. The van der Waals surface area contributed by atoms with Crippen molar-refractivity contribution >= 4 is 17.6 Å². The lowest BCUT2D eigenvalue weighted by Crippen LogP contribution is -2.30. The molecule has 1 aliphatic carbocycles. The van der Waals surface area contributed by atoms with E-state index in [1.165, 1.54) is 11.6 Å². The summed E-state index contributed by atoms with van der Waals surface area (Å²) in [5, 5.41) is 8.73. The van der Waals surface area contributed by atoms with Crippen molar-refractivity contribution in [1.29, 1.82) is 0 Å². The van der Waals surface area contributed by atoms with Crippen LogP contribution in [0.25, 0.3) is 0 Å². The van der Waals surface area contributed by atoms with Gasteiger partial charge in [-0.25, -0.2) is 4.79 Å². The molecule has 1 unspecified atom stereocenters. The lowest BCUT2D eigenvalue weighted by Gasteiger charge is -2.29. The Labute approximate surface area is 233 Å². The van der Waals surface area contributed by atoms with Crippen LogP contribution < -0.4 is 0 Å². The van der Waals surface area contributed by atoms with Gasteiger partial charge in [-0.15, -0.1) is 0 Å². The van der Waals surface area contributed by atoms with Gasteiger partial charge in [0.25, 0.3) is 0 Å². The third kappa shape index (κ3) is 9.90. The zero-order valence-electron chi connectivity index (χ0n) is 22.1. The van der Waals surface area contributed by atoms with E-state index >= 15 is 0 Å². The van der Waals surface area contributed by atoms with Crippen molar-refractivity contribution in [2.24, 2.45) is 0 Å². The van der Waals surface area contributed by atoms with Crippen LogP contribution in [0.4, 0.5) is 13.2 Å². The summed E-state index contributed by atoms with van der Waals surface area (Å²) in [6.45, 7) is 4.11. The quantitative estimate of drug-likeness (QED) is 0.186. The van der Waals surface area contributed by atoms with Crippen LogP contribution in [0.3, 0.4) is 0 Å². The SMILES string of the molecule is CCCCC(CN(CCCOC1=CC=C/C(=C\C(=O)O)C1)Cc1cccc(C(F)(F)F)c1Cl)c1ccccc1. The first kappa shape index (κ1) is 30.5. The minimum atomic E-state index is -4.52. The fourth-order valence-corrected chi connectivity index (χ4v) is 4.99. The van der Waals surface area contributed by atoms with Crippen LogP contribution in [0.5, 0.6) is 0 Å². The first-order valence-corrected chi connectivity index (χ1v) is 13.6. The summed E-state index contributed by atoms with van der Waals surface area (Å²) in [5.41, 5.74) is 1.48. The van der Waals surface area contributed by atoms with E-state index in [0.29, 0.717) is 49.4 Å². The second-order valence-corrected chi connectivity index (χ2v) is 10.1. The number of allylic oxidation sites excluding steroid dienone is 4. The lowest BCUT2D eigenvalue weighted by molar-refractivity contribution is -0.137. The number of rotatable bonds is 14. The third-order valence-electron chi connectivity index (χ3n) is 6.62. The standard InChI is InChI=1S/C31H35ClF3NO3/c1-2-3-11-25(24-12-5-4-6-13-24)21-36(22-26-14-8-16-28(30(26)32)31(33,34)35)17-9-18-39-27-15-7-10-23(19-27)20-29(37)38/h4-8,10,12-16,20,25H,2-3,9,11,17-19,21-22H2,1H3,(H,37,38)/b23-20+. The largest absolute Gasteiger partial charge is 0.498 e. The highest BCUT2D eigenvalue weighted by molar-refractivity contribution is 6.32. The third-order valence-corrected chi connectivity index (χ3v) is 7.07. The Balaban J connectivity index is 1.73. The van der Waals surface area contributed by atoms with Gasteiger partial charge >= 0.3 is 12.1 Å². The highest BCUT2D eigenvalue weighted by atomic mass is 35.5. The number of nitrogens with zero attached hydrogens (tertiary/aromatic N) is 1. The number of carboxylic acids is 1. The summed E-state index contributed by atoms with van der Waals surface area (Å²) >= 11 is 6.25. The van der Waals surface area contributed by atoms with Crippen LogP contribution in [-0.2, 0) is 22.3 Å². The van der Waals surface area contributed by atoms with E-state index in [-0.39, 0.29) is 17.5 Å². The molecule has 0 radical (unpaired) electrons. The van der Waals surface area contributed by atoms with Gasteiger partial charge in [0.15, 0.2) is 0 Å². The van der Waals surface area contributed by atoms with E-state index in [1.807, 2.05) is 24.3 Å². The van der Waals surface area contributed by atoms with E-state index in [4.69, 9.17) is 21.4 Å². The van der Waals surface area contributed by atoms with E-state index in [1.54, 1.807) is 18.2 Å². The Morgan fingerprint density at radius 2 is 1.92 bits per heavy atom. The summed E-state index contributed by atoms with van der Waals surface area (Å²) in [5.74, 6) is -0.0926. The van der Waals surface area contributed by atoms with Gasteiger partial charge in [0.05, 0.1) is 17.2 Å². The number of hydrogen-bond acceptors (Lipinski definition) is 3. The Morgan fingerprint density at radius 1 is 1.15 bits per heavy atom. The molecular weight excluding hydrogens is 527 g/mol. The van der Waals surface area contributed by atoms with Crippen LogP contribution in [0, 0.1) is 0 Å². The van der Waals surface area contributed by atoms with Crippen LogP contribution in [-0.4, -0.2) is 35.7 Å². The van der Waals surface area contributed by atoms with Gasteiger partial charge in [0, 0.05) is 32.1 Å². The van der Waals surface area contributed by atoms with Gasteiger partial charge in [0.2, 0.25) is 0 Å². The minimum absolute atomic E-state index is 0.228. The number of benzene rings is 2. The Bertz CT molecular complexity index is 1180. The molecule has 0 saturated carbocycles. The molecule has 0 saturated heterocycles. The van der Waals surface area contributed by atoms with Crippen LogP contribution in [0.1, 0.15) is 61.6 Å². The summed E-state index contributed by atoms with van der Waals surface area (Å²) < 4.78 is 46.4. The summed E-state index contributed by atoms with van der Waals surface area (Å²) in [6, 6.07) is 14.3.